The van der Waals surface area contributed by atoms with E-state index >= 15 is 0 Å². The minimum absolute atomic E-state index is 0.0450. The molecule has 0 radical (unpaired) electrons. The van der Waals surface area contributed by atoms with Gasteiger partial charge in [0.25, 0.3) is 5.91 Å². The fourth-order valence-electron chi connectivity index (χ4n) is 4.02. The Bertz CT molecular complexity index is 1640. The number of rotatable bonds is 4. The zero-order valence-electron chi connectivity index (χ0n) is 18.7. The second-order valence-electron chi connectivity index (χ2n) is 8.08. The van der Waals surface area contributed by atoms with Gasteiger partial charge in [-0.15, -0.1) is 0 Å². The number of benzene rings is 3. The number of carbonyl (C=O) groups is 1. The topological polar surface area (TPSA) is 46.4 Å². The lowest BCUT2D eigenvalue weighted by molar-refractivity contribution is -0.137. The number of alkyl halides is 3. The molecular formula is C27H15F6N3O. The van der Waals surface area contributed by atoms with Crippen molar-refractivity contribution in [2.75, 3.05) is 5.32 Å². The summed E-state index contributed by atoms with van der Waals surface area (Å²) in [7, 11) is 0. The Morgan fingerprint density at radius 3 is 2.32 bits per heavy atom. The van der Waals surface area contributed by atoms with E-state index in [0.717, 1.165) is 30.3 Å². The first-order chi connectivity index (χ1) is 17.6. The molecule has 5 rings (SSSR count). The first-order valence-corrected chi connectivity index (χ1v) is 10.8. The van der Waals surface area contributed by atoms with Crippen molar-refractivity contribution in [3.8, 4) is 22.4 Å². The number of hydrogen-bond acceptors (Lipinski definition) is 2. The number of pyridine rings is 1. The Morgan fingerprint density at radius 1 is 0.865 bits per heavy atom. The number of fused-ring (bicyclic) bond motifs is 1. The van der Waals surface area contributed by atoms with Gasteiger partial charge in [-0.2, -0.15) is 13.2 Å². The van der Waals surface area contributed by atoms with Gasteiger partial charge in [-0.1, -0.05) is 12.1 Å². The zero-order chi connectivity index (χ0) is 26.3. The summed E-state index contributed by atoms with van der Waals surface area (Å²) >= 11 is 0. The third-order valence-corrected chi connectivity index (χ3v) is 5.75. The molecule has 2 aromatic heterocycles. The molecule has 0 atom stereocenters. The van der Waals surface area contributed by atoms with Crippen LogP contribution >= 0.6 is 0 Å². The molecule has 0 aliphatic carbocycles. The van der Waals surface area contributed by atoms with E-state index in [2.05, 4.69) is 10.3 Å². The van der Waals surface area contributed by atoms with E-state index in [-0.39, 0.29) is 28.2 Å². The molecule has 0 bridgehead atoms. The summed E-state index contributed by atoms with van der Waals surface area (Å²) in [5.74, 6) is -3.72. The maximum Gasteiger partial charge on any atom is 0.417 e. The van der Waals surface area contributed by atoms with Crippen LogP contribution in [-0.2, 0) is 6.18 Å². The summed E-state index contributed by atoms with van der Waals surface area (Å²) in [6, 6.07) is 14.5. The summed E-state index contributed by atoms with van der Waals surface area (Å²) in [4.78, 5) is 17.1. The Labute approximate surface area is 205 Å². The molecule has 0 unspecified atom stereocenters. The molecule has 37 heavy (non-hydrogen) atoms. The van der Waals surface area contributed by atoms with Gasteiger partial charge in [0.05, 0.1) is 23.0 Å². The molecule has 0 saturated carbocycles. The van der Waals surface area contributed by atoms with Crippen molar-refractivity contribution >= 4 is 17.2 Å². The first kappa shape index (κ1) is 24.1. The van der Waals surface area contributed by atoms with Gasteiger partial charge in [-0.3, -0.25) is 9.20 Å². The number of hydrogen-bond donors (Lipinski definition) is 1. The molecule has 1 amide bonds. The zero-order valence-corrected chi connectivity index (χ0v) is 18.7. The minimum atomic E-state index is -4.82. The molecule has 0 fully saturated rings. The molecule has 4 nitrogen and oxygen atoms in total. The van der Waals surface area contributed by atoms with E-state index in [1.807, 2.05) is 0 Å². The van der Waals surface area contributed by atoms with Crippen LogP contribution in [-0.4, -0.2) is 15.3 Å². The highest BCUT2D eigenvalue weighted by molar-refractivity contribution is 6.06. The minimum Gasteiger partial charge on any atom is -0.322 e. The molecule has 1 N–H and O–H groups in total. The van der Waals surface area contributed by atoms with Crippen LogP contribution in [0.25, 0.3) is 28.0 Å². The van der Waals surface area contributed by atoms with E-state index in [1.165, 1.54) is 40.9 Å². The van der Waals surface area contributed by atoms with Crippen molar-refractivity contribution in [3.05, 3.63) is 114 Å². The normalized spacial score (nSPS) is 11.6. The monoisotopic (exact) mass is 511 g/mol. The highest BCUT2D eigenvalue weighted by atomic mass is 19.4. The molecule has 0 saturated heterocycles. The van der Waals surface area contributed by atoms with Crippen molar-refractivity contribution < 1.29 is 31.1 Å². The van der Waals surface area contributed by atoms with Crippen molar-refractivity contribution in [1.82, 2.24) is 9.38 Å². The van der Waals surface area contributed by atoms with Crippen LogP contribution in [0.2, 0.25) is 0 Å². The van der Waals surface area contributed by atoms with Gasteiger partial charge in [-0.05, 0) is 66.2 Å². The number of amides is 1. The number of halogens is 6. The Morgan fingerprint density at radius 2 is 1.59 bits per heavy atom. The first-order valence-electron chi connectivity index (χ1n) is 10.8. The summed E-state index contributed by atoms with van der Waals surface area (Å²) < 4.78 is 84.1. The summed E-state index contributed by atoms with van der Waals surface area (Å²) in [5.41, 5.74) is -0.665. The number of nitrogens with zero attached hydrogens (tertiary/aromatic N) is 2. The number of anilines is 1. The van der Waals surface area contributed by atoms with E-state index in [4.69, 9.17) is 0 Å². The standard InChI is InChI=1S/C27H15F6N3O/c28-16-7-9-17(10-8-16)35-26(37)20-13-15(6-11-21(20)27(31,32)33)18-4-2-12-36-23(14-34-25(18)36)19-3-1-5-22(29)24(19)30/h1-14H,(H,35,37). The Kier molecular flexibility index (Phi) is 5.94. The Balaban J connectivity index is 1.61. The highest BCUT2D eigenvalue weighted by Crippen LogP contribution is 2.36. The van der Waals surface area contributed by atoms with Crippen LogP contribution in [0.3, 0.4) is 0 Å². The largest absolute Gasteiger partial charge is 0.417 e. The second kappa shape index (κ2) is 9.12. The van der Waals surface area contributed by atoms with E-state index in [0.29, 0.717) is 5.56 Å². The fourth-order valence-corrected chi connectivity index (χ4v) is 4.02. The SMILES string of the molecule is O=C(Nc1ccc(F)cc1)c1cc(-c2cccn3c(-c4cccc(F)c4F)cnc23)ccc1C(F)(F)F. The van der Waals surface area contributed by atoms with Crippen LogP contribution in [0.1, 0.15) is 15.9 Å². The lowest BCUT2D eigenvalue weighted by atomic mass is 9.98. The smallest absolute Gasteiger partial charge is 0.322 e. The maximum absolute atomic E-state index is 14.4. The van der Waals surface area contributed by atoms with Crippen molar-refractivity contribution in [1.29, 1.82) is 0 Å². The molecule has 5 aromatic rings. The molecule has 10 heteroatoms. The van der Waals surface area contributed by atoms with E-state index in [9.17, 15) is 31.1 Å². The number of carbonyl (C=O) groups excluding carboxylic acids is 1. The third-order valence-electron chi connectivity index (χ3n) is 5.75. The number of aromatic nitrogens is 2. The Hall–Kier alpha value is -4.60. The number of imidazole rings is 1. The van der Waals surface area contributed by atoms with Crippen LogP contribution in [0, 0.1) is 17.5 Å². The van der Waals surface area contributed by atoms with Crippen molar-refractivity contribution in [2.45, 2.75) is 6.18 Å². The van der Waals surface area contributed by atoms with Gasteiger partial charge < -0.3 is 5.32 Å². The summed E-state index contributed by atoms with van der Waals surface area (Å²) in [5, 5.41) is 2.35. The molecule has 0 aliphatic rings. The highest BCUT2D eigenvalue weighted by Gasteiger charge is 2.35. The van der Waals surface area contributed by atoms with Crippen LogP contribution in [0.4, 0.5) is 32.0 Å². The third kappa shape index (κ3) is 4.53. The van der Waals surface area contributed by atoms with Crippen molar-refractivity contribution in [3.63, 3.8) is 0 Å². The van der Waals surface area contributed by atoms with Crippen LogP contribution < -0.4 is 5.32 Å². The van der Waals surface area contributed by atoms with Crippen LogP contribution in [0.15, 0.2) is 85.2 Å². The maximum atomic E-state index is 14.4. The molecule has 0 spiro atoms. The average molecular weight is 511 g/mol. The molecule has 2 heterocycles. The predicted octanol–water partition coefficient (Wildman–Crippen LogP) is 7.36. The molecule has 0 aliphatic heterocycles. The second-order valence-corrected chi connectivity index (χ2v) is 8.08. The van der Waals surface area contributed by atoms with Gasteiger partial charge in [0.2, 0.25) is 0 Å². The average Bonchev–Trinajstić information content (AvgIpc) is 3.30. The lowest BCUT2D eigenvalue weighted by Gasteiger charge is -2.15. The van der Waals surface area contributed by atoms with Gasteiger partial charge in [0, 0.05) is 23.0 Å². The molecule has 186 valence electrons. The number of nitrogens with one attached hydrogen (secondary N) is 1. The summed E-state index contributed by atoms with van der Waals surface area (Å²) in [6.07, 6.45) is -1.95. The summed E-state index contributed by atoms with van der Waals surface area (Å²) in [6.45, 7) is 0. The molecular weight excluding hydrogens is 496 g/mol. The fraction of sp³-hybridized carbons (Fsp3) is 0.0370. The predicted molar refractivity (Wildman–Crippen MR) is 125 cm³/mol. The lowest BCUT2D eigenvalue weighted by Crippen LogP contribution is -2.19. The van der Waals surface area contributed by atoms with Gasteiger partial charge in [-0.25, -0.2) is 18.2 Å². The van der Waals surface area contributed by atoms with Gasteiger partial charge in [0.1, 0.15) is 11.5 Å². The van der Waals surface area contributed by atoms with Gasteiger partial charge >= 0.3 is 6.18 Å². The van der Waals surface area contributed by atoms with Crippen LogP contribution in [0.5, 0.6) is 0 Å². The van der Waals surface area contributed by atoms with Crippen molar-refractivity contribution in [2.24, 2.45) is 0 Å². The van der Waals surface area contributed by atoms with E-state index in [1.54, 1.807) is 18.3 Å². The van der Waals surface area contributed by atoms with E-state index < -0.39 is 40.7 Å². The van der Waals surface area contributed by atoms with Gasteiger partial charge in [0.15, 0.2) is 11.6 Å². The quantitative estimate of drug-likeness (QED) is 0.256. The molecule has 3 aromatic carbocycles.